The van der Waals surface area contributed by atoms with Gasteiger partial charge in [-0.2, -0.15) is 0 Å². The van der Waals surface area contributed by atoms with Gasteiger partial charge < -0.3 is 17.7 Å². The van der Waals surface area contributed by atoms with Crippen LogP contribution in [0.3, 0.4) is 0 Å². The van der Waals surface area contributed by atoms with Crippen LogP contribution in [0.2, 0.25) is 0 Å². The van der Waals surface area contributed by atoms with Crippen molar-refractivity contribution in [3.8, 4) is 5.75 Å². The van der Waals surface area contributed by atoms with Crippen LogP contribution >= 0.6 is 0 Å². The number of benzene rings is 1. The maximum absolute atomic E-state index is 12.6. The number of halogens is 3. The van der Waals surface area contributed by atoms with E-state index in [1.165, 1.54) is 12.1 Å². The average molecular weight is 271 g/mol. The summed E-state index contributed by atoms with van der Waals surface area (Å²) in [5, 5.41) is 0. The Balaban J connectivity index is 2.05. The topological polar surface area (TPSA) is 9.23 Å². The van der Waals surface area contributed by atoms with Gasteiger partial charge in [0.05, 0.1) is 6.10 Å². The summed E-state index contributed by atoms with van der Waals surface area (Å²) < 4.78 is 43.7. The molecule has 1 aliphatic carbocycles. The molecule has 5 heteroatoms. The third-order valence-electron chi connectivity index (χ3n) is 3.83. The highest BCUT2D eigenvalue weighted by Crippen LogP contribution is 2.28. The fourth-order valence-electron chi connectivity index (χ4n) is 2.54. The molecule has 0 atom stereocenters. The van der Waals surface area contributed by atoms with E-state index in [-0.39, 0.29) is 6.10 Å². The summed E-state index contributed by atoms with van der Waals surface area (Å²) in [7, 11) is 0. The van der Waals surface area contributed by atoms with Crippen molar-refractivity contribution in [2.24, 2.45) is 5.92 Å². The Kier molecular flexibility index (Phi) is 4.12. The van der Waals surface area contributed by atoms with Gasteiger partial charge >= 0.3 is 6.98 Å². The Labute approximate surface area is 112 Å². The molecule has 1 aromatic carbocycles. The zero-order chi connectivity index (χ0) is 14.0. The Morgan fingerprint density at radius 1 is 1.11 bits per heavy atom. The second-order valence-electron chi connectivity index (χ2n) is 5.60. The summed E-state index contributed by atoms with van der Waals surface area (Å²) in [5.41, 5.74) is 0.0115. The lowest BCUT2D eigenvalue weighted by Gasteiger charge is -2.28. The first kappa shape index (κ1) is 14.3. The lowest BCUT2D eigenvalue weighted by atomic mass is 9.79. The normalized spacial score (nSPS) is 24.3. The molecule has 0 amide bonds. The molecule has 106 valence electrons. The summed E-state index contributed by atoms with van der Waals surface area (Å²) in [6.45, 7) is -1.03. The maximum atomic E-state index is 12.6. The molecular weight excluding hydrogens is 252 g/mol. The number of hydrogen-bond acceptors (Lipinski definition) is 1. The molecule has 1 fully saturated rings. The zero-order valence-electron chi connectivity index (χ0n) is 11.3. The molecule has 0 saturated heterocycles. The third kappa shape index (κ3) is 3.67. The minimum absolute atomic E-state index is 0.150. The van der Waals surface area contributed by atoms with Crippen LogP contribution in [-0.4, -0.2) is 13.1 Å². The van der Waals surface area contributed by atoms with Crippen LogP contribution in [-0.2, 0) is 0 Å². The van der Waals surface area contributed by atoms with Gasteiger partial charge in [-0.3, -0.25) is 0 Å². The van der Waals surface area contributed by atoms with Crippen molar-refractivity contribution in [3.63, 3.8) is 0 Å². The number of aryl methyl sites for hydroxylation is 1. The number of ether oxygens (including phenoxy) is 1. The van der Waals surface area contributed by atoms with Gasteiger partial charge in [-0.15, -0.1) is 5.46 Å². The molecule has 1 saturated carbocycles. The molecule has 1 nitrogen and oxygen atoms in total. The van der Waals surface area contributed by atoms with E-state index >= 15 is 0 Å². The van der Waals surface area contributed by atoms with Crippen molar-refractivity contribution in [1.29, 1.82) is 0 Å². The van der Waals surface area contributed by atoms with Gasteiger partial charge in [0, 0.05) is 0 Å². The van der Waals surface area contributed by atoms with E-state index < -0.39 is 12.4 Å². The van der Waals surface area contributed by atoms with E-state index in [0.29, 0.717) is 11.3 Å². The van der Waals surface area contributed by atoms with Gasteiger partial charge in [-0.25, -0.2) is 0 Å². The Bertz CT molecular complexity index is 437. The molecule has 1 aromatic rings. The van der Waals surface area contributed by atoms with Gasteiger partial charge in [0.25, 0.3) is 0 Å². The highest BCUT2D eigenvalue weighted by atomic mass is 19.4. The van der Waals surface area contributed by atoms with Gasteiger partial charge in [0.2, 0.25) is 0 Å². The van der Waals surface area contributed by atoms with Crippen LogP contribution in [0.5, 0.6) is 5.75 Å². The average Bonchev–Trinajstić information content (AvgIpc) is 2.33. The Hall–Kier alpha value is -1.13. The number of rotatable bonds is 3. The Morgan fingerprint density at radius 3 is 2.26 bits per heavy atom. The number of hydrogen-bond donors (Lipinski definition) is 0. The van der Waals surface area contributed by atoms with Crippen LogP contribution in [0, 0.1) is 12.8 Å². The van der Waals surface area contributed by atoms with Crippen LogP contribution < -0.4 is 10.2 Å². The van der Waals surface area contributed by atoms with Gasteiger partial charge in [0.15, 0.2) is 0 Å². The van der Waals surface area contributed by atoms with E-state index in [9.17, 15) is 12.9 Å². The van der Waals surface area contributed by atoms with Gasteiger partial charge in [-0.1, -0.05) is 19.1 Å². The summed E-state index contributed by atoms with van der Waals surface area (Å²) in [5.74, 6) is 1.32. The quantitative estimate of drug-likeness (QED) is 0.755. The molecule has 1 aliphatic rings. The molecule has 0 aromatic heterocycles. The minimum Gasteiger partial charge on any atom is -0.490 e. The van der Waals surface area contributed by atoms with Crippen LogP contribution in [0.1, 0.15) is 38.2 Å². The molecular formula is C14H19BF3O-. The third-order valence-corrected chi connectivity index (χ3v) is 3.83. The summed E-state index contributed by atoms with van der Waals surface area (Å²) in [6.07, 6.45) is 4.40. The van der Waals surface area contributed by atoms with Crippen molar-refractivity contribution in [2.45, 2.75) is 45.6 Å². The second-order valence-corrected chi connectivity index (χ2v) is 5.60. The first-order valence-corrected chi connectivity index (χ1v) is 6.83. The second kappa shape index (κ2) is 5.47. The molecule has 0 aliphatic heterocycles. The molecule has 0 radical (unpaired) electrons. The first-order chi connectivity index (χ1) is 8.86. The van der Waals surface area contributed by atoms with Gasteiger partial charge in [-0.05, 0) is 50.2 Å². The monoisotopic (exact) mass is 271 g/mol. The maximum Gasteiger partial charge on any atom is 0.509 e. The van der Waals surface area contributed by atoms with Crippen LogP contribution in [0.4, 0.5) is 12.9 Å². The molecule has 19 heavy (non-hydrogen) atoms. The molecule has 0 N–H and O–H groups in total. The molecule has 2 rings (SSSR count). The minimum atomic E-state index is -4.93. The fraction of sp³-hybridized carbons (Fsp3) is 0.571. The molecule has 0 spiro atoms. The molecule has 0 heterocycles. The van der Waals surface area contributed by atoms with Crippen LogP contribution in [0.15, 0.2) is 18.2 Å². The lowest BCUT2D eigenvalue weighted by molar-refractivity contribution is 0.135. The highest BCUT2D eigenvalue weighted by Gasteiger charge is 2.26. The molecule has 0 bridgehead atoms. The zero-order valence-corrected chi connectivity index (χ0v) is 11.3. The predicted octanol–water partition coefficient (Wildman–Crippen LogP) is 4.01. The van der Waals surface area contributed by atoms with E-state index in [1.54, 1.807) is 6.92 Å². The van der Waals surface area contributed by atoms with Crippen molar-refractivity contribution in [3.05, 3.63) is 23.8 Å². The largest absolute Gasteiger partial charge is 0.509 e. The summed E-state index contributed by atoms with van der Waals surface area (Å²) in [6, 6.07) is 3.76. The highest BCUT2D eigenvalue weighted by molar-refractivity contribution is 6.73. The van der Waals surface area contributed by atoms with Crippen molar-refractivity contribution >= 4 is 12.4 Å². The molecule has 0 unspecified atom stereocenters. The predicted molar refractivity (Wildman–Crippen MR) is 71.9 cm³/mol. The van der Waals surface area contributed by atoms with Gasteiger partial charge in [0.1, 0.15) is 5.75 Å². The van der Waals surface area contributed by atoms with Crippen molar-refractivity contribution in [2.75, 3.05) is 0 Å². The van der Waals surface area contributed by atoms with E-state index in [1.807, 2.05) is 0 Å². The first-order valence-electron chi connectivity index (χ1n) is 6.83. The summed E-state index contributed by atoms with van der Waals surface area (Å²) in [4.78, 5) is 0. The Morgan fingerprint density at radius 2 is 1.74 bits per heavy atom. The van der Waals surface area contributed by atoms with Crippen LogP contribution in [0.25, 0.3) is 0 Å². The van der Waals surface area contributed by atoms with E-state index in [4.69, 9.17) is 4.74 Å². The van der Waals surface area contributed by atoms with Crippen molar-refractivity contribution in [1.82, 2.24) is 0 Å². The summed E-state index contributed by atoms with van der Waals surface area (Å²) >= 11 is 0. The fourth-order valence-corrected chi connectivity index (χ4v) is 2.54. The lowest BCUT2D eigenvalue weighted by Crippen LogP contribution is -2.34. The smallest absolute Gasteiger partial charge is 0.490 e. The van der Waals surface area contributed by atoms with E-state index in [0.717, 1.165) is 37.7 Å². The van der Waals surface area contributed by atoms with E-state index in [2.05, 4.69) is 6.92 Å². The standard InChI is InChI=1S/C14H19BF3O/c1-10-3-6-13(7-4-10)19-14-8-5-12(9-11(14)2)15(16,17)18/h5,8-10,13H,3-4,6-7H2,1-2H3/q-1. The van der Waals surface area contributed by atoms with Crippen molar-refractivity contribution < 1.29 is 17.7 Å². The SMILES string of the molecule is Cc1cc([B-](F)(F)F)ccc1OC1CCC(C)CC1.